The molecule has 0 unspecified atom stereocenters. The quantitative estimate of drug-likeness (QED) is 0.209. The number of benzene rings is 3. The molecule has 0 radical (unpaired) electrons. The highest BCUT2D eigenvalue weighted by Crippen LogP contribution is 2.28. The van der Waals surface area contributed by atoms with Crippen LogP contribution in [0.5, 0.6) is 11.5 Å². The second-order valence-corrected chi connectivity index (χ2v) is 10.5. The number of aryl methyl sites for hydroxylation is 1. The smallest absolute Gasteiger partial charge is 0.254 e. The molecule has 3 aromatic carbocycles. The van der Waals surface area contributed by atoms with E-state index in [1.807, 2.05) is 72.5 Å². The van der Waals surface area contributed by atoms with Gasteiger partial charge in [-0.15, -0.1) is 11.3 Å². The first-order chi connectivity index (χ1) is 18.9. The first kappa shape index (κ1) is 28.2. The van der Waals surface area contributed by atoms with E-state index in [1.165, 1.54) is 5.56 Å². The van der Waals surface area contributed by atoms with E-state index in [-0.39, 0.29) is 18.4 Å². The fourth-order valence-corrected chi connectivity index (χ4v) is 5.62. The van der Waals surface area contributed by atoms with E-state index in [0.29, 0.717) is 43.1 Å². The number of ether oxygens (including phenoxy) is 2. The lowest BCUT2D eigenvalue weighted by Crippen LogP contribution is -2.43. The summed E-state index contributed by atoms with van der Waals surface area (Å²) < 4.78 is 10.8. The summed E-state index contributed by atoms with van der Waals surface area (Å²) in [5.74, 6) is 1.15. The molecule has 7 heteroatoms. The molecule has 0 aliphatic heterocycles. The molecule has 0 saturated carbocycles. The van der Waals surface area contributed by atoms with Crippen molar-refractivity contribution in [2.45, 2.75) is 33.2 Å². The number of amides is 2. The summed E-state index contributed by atoms with van der Waals surface area (Å²) in [5, 5.41) is 3.96. The van der Waals surface area contributed by atoms with Gasteiger partial charge in [-0.2, -0.15) is 0 Å². The van der Waals surface area contributed by atoms with E-state index in [1.54, 1.807) is 30.5 Å². The Kier molecular flexibility index (Phi) is 9.60. The number of hydrogen-bond acceptors (Lipinski definition) is 5. The average Bonchev–Trinajstić information content (AvgIpc) is 3.37. The molecule has 6 nitrogen and oxygen atoms in total. The average molecular weight is 545 g/mol. The molecular formula is C32H36N2O4S. The minimum atomic E-state index is -0.117. The molecule has 2 amide bonds. The predicted octanol–water partition coefficient (Wildman–Crippen LogP) is 6.35. The topological polar surface area (TPSA) is 59.1 Å². The van der Waals surface area contributed by atoms with Gasteiger partial charge in [0.05, 0.1) is 20.8 Å². The predicted molar refractivity (Wildman–Crippen MR) is 158 cm³/mol. The fraction of sp³-hybridized carbons (Fsp3) is 0.312. The van der Waals surface area contributed by atoms with Crippen molar-refractivity contribution >= 4 is 33.9 Å². The standard InChI is InChI=1S/C32H36N2O4S/c1-5-17-34(32(36)27-12-8-10-25-9-6-7-11-26(25)27)22-31(35)33(21-30-23(2)16-19-39-30)18-15-24-13-14-28(37-3)29(20-24)38-4/h6-14,16,19-20H,5,15,17-18,21-22H2,1-4H3. The number of carbonyl (C=O) groups excluding carboxylic acids is 2. The molecule has 204 valence electrons. The normalized spacial score (nSPS) is 10.9. The Labute approximate surface area is 234 Å². The van der Waals surface area contributed by atoms with Gasteiger partial charge in [-0.05, 0) is 71.3 Å². The molecule has 4 rings (SSSR count). The molecule has 0 saturated heterocycles. The number of rotatable bonds is 12. The maximum atomic E-state index is 13.8. The Hall–Kier alpha value is -3.84. The van der Waals surface area contributed by atoms with Crippen LogP contribution in [0.3, 0.4) is 0 Å². The van der Waals surface area contributed by atoms with Crippen LogP contribution in [-0.2, 0) is 17.8 Å². The number of hydrogen-bond donors (Lipinski definition) is 0. The highest BCUT2D eigenvalue weighted by Gasteiger charge is 2.24. The summed E-state index contributed by atoms with van der Waals surface area (Å²) >= 11 is 1.65. The Morgan fingerprint density at radius 2 is 1.64 bits per heavy atom. The van der Waals surface area contributed by atoms with Crippen molar-refractivity contribution in [3.63, 3.8) is 0 Å². The molecule has 0 aliphatic carbocycles. The van der Waals surface area contributed by atoms with Crippen LogP contribution in [0.4, 0.5) is 0 Å². The van der Waals surface area contributed by atoms with Crippen molar-refractivity contribution in [3.8, 4) is 11.5 Å². The van der Waals surface area contributed by atoms with Crippen molar-refractivity contribution in [2.75, 3.05) is 33.9 Å². The third-order valence-corrected chi connectivity index (χ3v) is 7.91. The van der Waals surface area contributed by atoms with Crippen LogP contribution in [-0.4, -0.2) is 55.5 Å². The molecule has 0 N–H and O–H groups in total. The summed E-state index contributed by atoms with van der Waals surface area (Å²) in [6, 6.07) is 21.5. The second-order valence-electron chi connectivity index (χ2n) is 9.53. The molecule has 4 aromatic rings. The number of thiophene rings is 1. The lowest BCUT2D eigenvalue weighted by molar-refractivity contribution is -0.132. The monoisotopic (exact) mass is 544 g/mol. The molecule has 0 bridgehead atoms. The van der Waals surface area contributed by atoms with Crippen LogP contribution in [0.15, 0.2) is 72.1 Å². The van der Waals surface area contributed by atoms with E-state index >= 15 is 0 Å². The maximum absolute atomic E-state index is 13.8. The number of methoxy groups -OCH3 is 2. The van der Waals surface area contributed by atoms with Gasteiger partial charge in [-0.3, -0.25) is 9.59 Å². The second kappa shape index (κ2) is 13.3. The fourth-order valence-electron chi connectivity index (χ4n) is 4.70. The minimum absolute atomic E-state index is 0.0340. The SMILES string of the molecule is CCCN(CC(=O)N(CCc1ccc(OC)c(OC)c1)Cc1sccc1C)C(=O)c1cccc2ccccc12. The lowest BCUT2D eigenvalue weighted by atomic mass is 10.0. The summed E-state index contributed by atoms with van der Waals surface area (Å²) in [6.07, 6.45) is 1.42. The van der Waals surface area contributed by atoms with Gasteiger partial charge in [-0.25, -0.2) is 0 Å². The van der Waals surface area contributed by atoms with Gasteiger partial charge >= 0.3 is 0 Å². The Morgan fingerprint density at radius 1 is 0.872 bits per heavy atom. The molecule has 0 spiro atoms. The van der Waals surface area contributed by atoms with Crippen LogP contribution < -0.4 is 9.47 Å². The van der Waals surface area contributed by atoms with Crippen molar-refractivity contribution in [1.82, 2.24) is 9.80 Å². The zero-order chi connectivity index (χ0) is 27.8. The van der Waals surface area contributed by atoms with E-state index in [9.17, 15) is 9.59 Å². The van der Waals surface area contributed by atoms with Crippen LogP contribution in [0.1, 0.15) is 39.7 Å². The minimum Gasteiger partial charge on any atom is -0.493 e. The van der Waals surface area contributed by atoms with Gasteiger partial charge in [0, 0.05) is 23.5 Å². The molecule has 0 aliphatic rings. The molecule has 39 heavy (non-hydrogen) atoms. The van der Waals surface area contributed by atoms with Crippen molar-refractivity contribution < 1.29 is 19.1 Å². The van der Waals surface area contributed by atoms with E-state index in [0.717, 1.165) is 27.6 Å². The summed E-state index contributed by atoms with van der Waals surface area (Å²) in [5.41, 5.74) is 2.84. The van der Waals surface area contributed by atoms with E-state index < -0.39 is 0 Å². The van der Waals surface area contributed by atoms with Gasteiger partial charge < -0.3 is 19.3 Å². The summed E-state index contributed by atoms with van der Waals surface area (Å²) in [6.45, 7) is 5.67. The largest absolute Gasteiger partial charge is 0.493 e. The summed E-state index contributed by atoms with van der Waals surface area (Å²) in [4.78, 5) is 32.2. The molecule has 0 atom stereocenters. The van der Waals surface area contributed by atoms with Gasteiger partial charge in [0.1, 0.15) is 6.54 Å². The molecule has 1 heterocycles. The number of fused-ring (bicyclic) bond motifs is 1. The zero-order valence-electron chi connectivity index (χ0n) is 23.1. The first-order valence-electron chi connectivity index (χ1n) is 13.2. The highest BCUT2D eigenvalue weighted by molar-refractivity contribution is 7.10. The molecule has 0 fully saturated rings. The van der Waals surface area contributed by atoms with Crippen LogP contribution >= 0.6 is 11.3 Å². The van der Waals surface area contributed by atoms with Crippen molar-refractivity contribution in [1.29, 1.82) is 0 Å². The van der Waals surface area contributed by atoms with Crippen LogP contribution in [0.25, 0.3) is 10.8 Å². The first-order valence-corrected chi connectivity index (χ1v) is 14.1. The maximum Gasteiger partial charge on any atom is 0.254 e. The van der Waals surface area contributed by atoms with Gasteiger partial charge in [-0.1, -0.05) is 49.4 Å². The number of carbonyl (C=O) groups is 2. The Bertz CT molecular complexity index is 1430. The molecular weight excluding hydrogens is 508 g/mol. The van der Waals surface area contributed by atoms with Gasteiger partial charge in [0.2, 0.25) is 5.91 Å². The van der Waals surface area contributed by atoms with Gasteiger partial charge in [0.25, 0.3) is 5.91 Å². The third-order valence-electron chi connectivity index (χ3n) is 6.90. The van der Waals surface area contributed by atoms with Crippen LogP contribution in [0.2, 0.25) is 0 Å². The Balaban J connectivity index is 1.56. The Morgan fingerprint density at radius 3 is 2.36 bits per heavy atom. The van der Waals surface area contributed by atoms with E-state index in [4.69, 9.17) is 9.47 Å². The summed E-state index contributed by atoms with van der Waals surface area (Å²) in [7, 11) is 3.23. The highest BCUT2D eigenvalue weighted by atomic mass is 32.1. The third kappa shape index (κ3) is 6.79. The van der Waals surface area contributed by atoms with Crippen LogP contribution in [0, 0.1) is 6.92 Å². The number of nitrogens with zero attached hydrogens (tertiary/aromatic N) is 2. The molecule has 1 aromatic heterocycles. The van der Waals surface area contributed by atoms with E-state index in [2.05, 4.69) is 18.4 Å². The zero-order valence-corrected chi connectivity index (χ0v) is 23.9. The van der Waals surface area contributed by atoms with Crippen molar-refractivity contribution in [3.05, 3.63) is 93.7 Å². The van der Waals surface area contributed by atoms with Gasteiger partial charge in [0.15, 0.2) is 11.5 Å². The lowest BCUT2D eigenvalue weighted by Gasteiger charge is -2.28. The van der Waals surface area contributed by atoms with Crippen molar-refractivity contribution in [2.24, 2.45) is 0 Å².